The number of hydrogen-bond donors (Lipinski definition) is 1. The van der Waals surface area contributed by atoms with Crippen LogP contribution in [0.4, 0.5) is 10.1 Å². The first kappa shape index (κ1) is 20.6. The van der Waals surface area contributed by atoms with Crippen LogP contribution in [0.15, 0.2) is 61.1 Å². The number of benzene rings is 2. The molecule has 0 radical (unpaired) electrons. The van der Waals surface area contributed by atoms with Crippen LogP contribution in [0.5, 0.6) is 0 Å². The van der Waals surface area contributed by atoms with E-state index in [1.54, 1.807) is 10.7 Å². The SMILES string of the molecule is [C-]#[N+]c1ccc(-c2c(-c3ccc4cn(C)nc4c3)ncc3c2ccn3C[C@@H]2CCNC2)cc1F. The van der Waals surface area contributed by atoms with Crippen molar-refractivity contribution in [3.8, 4) is 22.4 Å². The van der Waals surface area contributed by atoms with E-state index in [2.05, 4.69) is 32.1 Å². The van der Waals surface area contributed by atoms with Crippen molar-refractivity contribution < 1.29 is 4.39 Å². The number of nitrogens with zero attached hydrogens (tertiary/aromatic N) is 5. The second kappa shape index (κ2) is 8.08. The van der Waals surface area contributed by atoms with Gasteiger partial charge in [0.2, 0.25) is 5.69 Å². The average Bonchev–Trinajstić information content (AvgIpc) is 3.58. The second-order valence-corrected chi connectivity index (χ2v) is 8.96. The highest BCUT2D eigenvalue weighted by molar-refractivity contribution is 6.02. The third-order valence-electron chi connectivity index (χ3n) is 6.70. The Bertz CT molecular complexity index is 1580. The molecule has 5 aromatic rings. The van der Waals surface area contributed by atoms with Crippen molar-refractivity contribution in [3.05, 3.63) is 78.3 Å². The number of nitrogens with one attached hydrogen (secondary N) is 1. The summed E-state index contributed by atoms with van der Waals surface area (Å²) in [6, 6.07) is 13.0. The summed E-state index contributed by atoms with van der Waals surface area (Å²) in [4.78, 5) is 8.18. The highest BCUT2D eigenvalue weighted by atomic mass is 19.1. The standard InChI is InChI=1S/C27H23FN6/c1-29-23-6-5-18(11-22(23)28)26-21-8-10-34(15-17-7-9-30-13-17)25(21)14-31-27(26)19-3-4-20-16-33(2)32-24(20)12-19/h3-6,8,10-12,14,16-17,30H,7,9,13,15H2,2H3/t17-/m1/s1. The van der Waals surface area contributed by atoms with Crippen LogP contribution >= 0.6 is 0 Å². The zero-order valence-electron chi connectivity index (χ0n) is 18.8. The Morgan fingerprint density at radius 3 is 2.85 bits per heavy atom. The lowest BCUT2D eigenvalue weighted by atomic mass is 9.95. The number of aryl methyl sites for hydroxylation is 1. The van der Waals surface area contributed by atoms with Crippen molar-refractivity contribution in [3.63, 3.8) is 0 Å². The van der Waals surface area contributed by atoms with Gasteiger partial charge in [0.1, 0.15) is 5.82 Å². The molecule has 1 saturated heterocycles. The topological polar surface area (TPSA) is 52.0 Å². The lowest BCUT2D eigenvalue weighted by molar-refractivity contribution is 0.491. The summed E-state index contributed by atoms with van der Waals surface area (Å²) in [5.41, 5.74) is 5.20. The molecule has 0 unspecified atom stereocenters. The van der Waals surface area contributed by atoms with Gasteiger partial charge in [-0.25, -0.2) is 9.24 Å². The number of fused-ring (bicyclic) bond motifs is 2. The van der Waals surface area contributed by atoms with Crippen LogP contribution in [-0.4, -0.2) is 32.4 Å². The van der Waals surface area contributed by atoms with Gasteiger partial charge in [-0.05, 0) is 49.2 Å². The fourth-order valence-corrected chi connectivity index (χ4v) is 5.02. The Morgan fingerprint density at radius 1 is 1.18 bits per heavy atom. The largest absolute Gasteiger partial charge is 0.346 e. The molecular formula is C27H23FN6. The van der Waals surface area contributed by atoms with Crippen LogP contribution in [0.3, 0.4) is 0 Å². The Balaban J connectivity index is 1.56. The van der Waals surface area contributed by atoms with Crippen molar-refractivity contribution in [1.29, 1.82) is 0 Å². The van der Waals surface area contributed by atoms with E-state index in [1.807, 2.05) is 43.7 Å². The average molecular weight is 451 g/mol. The van der Waals surface area contributed by atoms with Gasteiger partial charge < -0.3 is 9.88 Å². The molecule has 1 aliphatic heterocycles. The normalized spacial score (nSPS) is 15.9. The Morgan fingerprint density at radius 2 is 2.06 bits per heavy atom. The van der Waals surface area contributed by atoms with E-state index in [-0.39, 0.29) is 5.69 Å². The van der Waals surface area contributed by atoms with Gasteiger partial charge in [-0.3, -0.25) is 9.67 Å². The van der Waals surface area contributed by atoms with Crippen LogP contribution in [0.1, 0.15) is 6.42 Å². The van der Waals surface area contributed by atoms with Crippen LogP contribution in [0.25, 0.3) is 49.0 Å². The Kier molecular flexibility index (Phi) is 4.89. The minimum absolute atomic E-state index is 0.0200. The van der Waals surface area contributed by atoms with E-state index in [0.29, 0.717) is 11.5 Å². The van der Waals surface area contributed by atoms with Crippen molar-refractivity contribution in [2.45, 2.75) is 13.0 Å². The van der Waals surface area contributed by atoms with Crippen molar-refractivity contribution in [2.75, 3.05) is 13.1 Å². The number of aromatic nitrogens is 4. The summed E-state index contributed by atoms with van der Waals surface area (Å²) >= 11 is 0. The summed E-state index contributed by atoms with van der Waals surface area (Å²) in [6.45, 7) is 10.2. The van der Waals surface area contributed by atoms with Gasteiger partial charge in [-0.15, -0.1) is 0 Å². The summed E-state index contributed by atoms with van der Waals surface area (Å²) in [6.07, 6.45) is 7.16. The monoisotopic (exact) mass is 450 g/mol. The maximum Gasteiger partial charge on any atom is 0.222 e. The number of halogens is 1. The molecule has 2 aromatic carbocycles. The Hall–Kier alpha value is -4.02. The molecule has 3 aromatic heterocycles. The molecule has 0 amide bonds. The van der Waals surface area contributed by atoms with E-state index in [1.165, 1.54) is 6.07 Å². The Labute approximate surface area is 196 Å². The molecule has 0 saturated carbocycles. The first-order chi connectivity index (χ1) is 16.6. The van der Waals surface area contributed by atoms with E-state index in [0.717, 1.165) is 64.7 Å². The molecule has 6 nitrogen and oxygen atoms in total. The molecule has 34 heavy (non-hydrogen) atoms. The third-order valence-corrected chi connectivity index (χ3v) is 6.70. The molecule has 168 valence electrons. The van der Waals surface area contributed by atoms with E-state index in [4.69, 9.17) is 11.6 Å². The maximum absolute atomic E-state index is 14.7. The fourth-order valence-electron chi connectivity index (χ4n) is 5.02. The highest BCUT2D eigenvalue weighted by Crippen LogP contribution is 2.39. The zero-order valence-corrected chi connectivity index (χ0v) is 18.8. The van der Waals surface area contributed by atoms with Crippen LogP contribution in [0, 0.1) is 18.3 Å². The minimum atomic E-state index is -0.521. The van der Waals surface area contributed by atoms with Gasteiger partial charge in [-0.1, -0.05) is 24.3 Å². The van der Waals surface area contributed by atoms with Crippen LogP contribution < -0.4 is 5.32 Å². The maximum atomic E-state index is 14.7. The van der Waals surface area contributed by atoms with Gasteiger partial charge in [0.05, 0.1) is 29.5 Å². The smallest absolute Gasteiger partial charge is 0.222 e. The van der Waals surface area contributed by atoms with Crippen LogP contribution in [-0.2, 0) is 13.6 Å². The lowest BCUT2D eigenvalue weighted by Crippen LogP contribution is -2.14. The van der Waals surface area contributed by atoms with Crippen LogP contribution in [0.2, 0.25) is 0 Å². The van der Waals surface area contributed by atoms with Gasteiger partial charge in [-0.2, -0.15) is 5.10 Å². The number of rotatable bonds is 4. The summed E-state index contributed by atoms with van der Waals surface area (Å²) in [5, 5.41) is 10.1. The molecule has 1 N–H and O–H groups in total. The molecule has 6 rings (SSSR count). The molecular weight excluding hydrogens is 427 g/mol. The predicted molar refractivity (Wildman–Crippen MR) is 132 cm³/mol. The highest BCUT2D eigenvalue weighted by Gasteiger charge is 2.20. The molecule has 0 bridgehead atoms. The van der Waals surface area contributed by atoms with Crippen molar-refractivity contribution >= 4 is 27.5 Å². The van der Waals surface area contributed by atoms with Gasteiger partial charge >= 0.3 is 0 Å². The van der Waals surface area contributed by atoms with Gasteiger partial charge in [0, 0.05) is 47.9 Å². The molecule has 4 heterocycles. The second-order valence-electron chi connectivity index (χ2n) is 8.96. The number of hydrogen-bond acceptors (Lipinski definition) is 3. The lowest BCUT2D eigenvalue weighted by Gasteiger charge is -2.14. The summed E-state index contributed by atoms with van der Waals surface area (Å²) < 4.78 is 18.7. The van der Waals surface area contributed by atoms with Crippen molar-refractivity contribution in [1.82, 2.24) is 24.6 Å². The van der Waals surface area contributed by atoms with Gasteiger partial charge in [0.15, 0.2) is 0 Å². The summed E-state index contributed by atoms with van der Waals surface area (Å²) in [5.74, 6) is 0.0628. The van der Waals surface area contributed by atoms with Gasteiger partial charge in [0.25, 0.3) is 0 Å². The molecule has 0 spiro atoms. The van der Waals surface area contributed by atoms with E-state index >= 15 is 0 Å². The molecule has 0 aliphatic carbocycles. The molecule has 1 atom stereocenters. The van der Waals surface area contributed by atoms with E-state index < -0.39 is 5.82 Å². The quantitative estimate of drug-likeness (QED) is 0.365. The predicted octanol–water partition coefficient (Wildman–Crippen LogP) is 5.56. The molecule has 1 aliphatic rings. The zero-order chi connectivity index (χ0) is 23.2. The number of pyridine rings is 1. The molecule has 7 heteroatoms. The van der Waals surface area contributed by atoms with E-state index in [9.17, 15) is 4.39 Å². The molecule has 1 fully saturated rings. The van der Waals surface area contributed by atoms with Crippen molar-refractivity contribution in [2.24, 2.45) is 13.0 Å². The third kappa shape index (κ3) is 3.44. The first-order valence-corrected chi connectivity index (χ1v) is 11.4. The summed E-state index contributed by atoms with van der Waals surface area (Å²) in [7, 11) is 1.90. The fraction of sp³-hybridized carbons (Fsp3) is 0.222. The minimum Gasteiger partial charge on any atom is -0.346 e. The first-order valence-electron chi connectivity index (χ1n) is 11.4.